The number of carbonyl (C=O) groups excluding carboxylic acids is 2. The van der Waals surface area contributed by atoms with Crippen LogP contribution in [0.2, 0.25) is 0 Å². The van der Waals surface area contributed by atoms with Gasteiger partial charge < -0.3 is 19.3 Å². The van der Waals surface area contributed by atoms with Gasteiger partial charge in [-0.05, 0) is 13.0 Å². The molecule has 6 heteroatoms. The lowest BCUT2D eigenvalue weighted by molar-refractivity contribution is -0.112. The third-order valence-electron chi connectivity index (χ3n) is 3.95. The van der Waals surface area contributed by atoms with E-state index < -0.39 is 12.1 Å². The number of ketones is 2. The number of rotatable bonds is 2. The Labute approximate surface area is 127 Å². The Balaban J connectivity index is 2.24. The molecule has 0 fully saturated rings. The van der Waals surface area contributed by atoms with Gasteiger partial charge in [-0.15, -0.1) is 0 Å². The molecule has 1 aromatic carbocycles. The SMILES string of the molecule is COc1cc(OC)c2c(c1)C(=O)C1=C(C[C@H](C)O[C@@H]1O)C2=O. The van der Waals surface area contributed by atoms with Crippen LogP contribution < -0.4 is 9.47 Å². The van der Waals surface area contributed by atoms with Crippen molar-refractivity contribution in [2.75, 3.05) is 14.2 Å². The average molecular weight is 304 g/mol. The van der Waals surface area contributed by atoms with Crippen molar-refractivity contribution in [2.24, 2.45) is 0 Å². The van der Waals surface area contributed by atoms with E-state index >= 15 is 0 Å². The summed E-state index contributed by atoms with van der Waals surface area (Å²) in [7, 11) is 2.89. The third kappa shape index (κ3) is 2.03. The summed E-state index contributed by atoms with van der Waals surface area (Å²) in [6, 6.07) is 3.04. The molecule has 1 aliphatic carbocycles. The van der Waals surface area contributed by atoms with Crippen LogP contribution in [0, 0.1) is 0 Å². The molecule has 0 aromatic heterocycles. The van der Waals surface area contributed by atoms with E-state index in [4.69, 9.17) is 14.2 Å². The Kier molecular flexibility index (Phi) is 3.50. The molecule has 6 nitrogen and oxygen atoms in total. The van der Waals surface area contributed by atoms with E-state index in [0.29, 0.717) is 11.3 Å². The summed E-state index contributed by atoms with van der Waals surface area (Å²) in [5.74, 6) is -0.0484. The lowest BCUT2D eigenvalue weighted by atomic mass is 9.80. The summed E-state index contributed by atoms with van der Waals surface area (Å²) < 4.78 is 15.6. The zero-order valence-electron chi connectivity index (χ0n) is 12.5. The number of methoxy groups -OCH3 is 2. The van der Waals surface area contributed by atoms with Crippen LogP contribution in [0.3, 0.4) is 0 Å². The molecule has 0 amide bonds. The smallest absolute Gasteiger partial charge is 0.195 e. The topological polar surface area (TPSA) is 82.1 Å². The molecule has 1 aromatic rings. The number of aliphatic hydroxyl groups excluding tert-OH is 1. The lowest BCUT2D eigenvalue weighted by Gasteiger charge is -2.32. The Morgan fingerprint density at radius 3 is 2.55 bits per heavy atom. The molecule has 0 saturated heterocycles. The molecule has 22 heavy (non-hydrogen) atoms. The van der Waals surface area contributed by atoms with Gasteiger partial charge in [0.2, 0.25) is 0 Å². The van der Waals surface area contributed by atoms with Crippen molar-refractivity contribution in [3.8, 4) is 11.5 Å². The lowest BCUT2D eigenvalue weighted by Crippen LogP contribution is -2.37. The number of aliphatic hydroxyl groups is 1. The zero-order valence-corrected chi connectivity index (χ0v) is 12.5. The minimum absolute atomic E-state index is 0.0194. The predicted molar refractivity (Wildman–Crippen MR) is 76.4 cm³/mol. The number of fused-ring (bicyclic) bond motifs is 1. The highest BCUT2D eigenvalue weighted by Crippen LogP contribution is 2.40. The van der Waals surface area contributed by atoms with E-state index in [9.17, 15) is 14.7 Å². The van der Waals surface area contributed by atoms with Crippen molar-refractivity contribution in [1.82, 2.24) is 0 Å². The summed E-state index contributed by atoms with van der Waals surface area (Å²) in [4.78, 5) is 25.5. The fraction of sp³-hybridized carbons (Fsp3) is 0.375. The summed E-state index contributed by atoms with van der Waals surface area (Å²) in [6.07, 6.45) is -1.44. The van der Waals surface area contributed by atoms with Crippen LogP contribution in [-0.2, 0) is 4.74 Å². The van der Waals surface area contributed by atoms with E-state index in [0.717, 1.165) is 0 Å². The van der Waals surface area contributed by atoms with Crippen LogP contribution in [-0.4, -0.2) is 43.3 Å². The van der Waals surface area contributed by atoms with Gasteiger partial charge in [0.25, 0.3) is 0 Å². The number of ether oxygens (including phenoxy) is 3. The summed E-state index contributed by atoms with van der Waals surface area (Å²) >= 11 is 0. The second-order valence-electron chi connectivity index (χ2n) is 5.31. The number of carbonyl (C=O) groups is 2. The van der Waals surface area contributed by atoms with Crippen molar-refractivity contribution in [3.63, 3.8) is 0 Å². The van der Waals surface area contributed by atoms with Gasteiger partial charge in [-0.25, -0.2) is 0 Å². The van der Waals surface area contributed by atoms with E-state index in [1.54, 1.807) is 13.0 Å². The molecule has 0 saturated carbocycles. The monoisotopic (exact) mass is 304 g/mol. The highest BCUT2D eigenvalue weighted by Gasteiger charge is 2.41. The normalized spacial score (nSPS) is 24.0. The summed E-state index contributed by atoms with van der Waals surface area (Å²) in [6.45, 7) is 1.74. The Morgan fingerprint density at radius 1 is 1.18 bits per heavy atom. The maximum absolute atomic E-state index is 12.8. The van der Waals surface area contributed by atoms with Crippen molar-refractivity contribution < 1.29 is 28.9 Å². The fourth-order valence-corrected chi connectivity index (χ4v) is 2.93. The first-order valence-corrected chi connectivity index (χ1v) is 6.90. The second kappa shape index (κ2) is 5.23. The molecular weight excluding hydrogens is 288 g/mol. The van der Waals surface area contributed by atoms with Crippen LogP contribution in [0.4, 0.5) is 0 Å². The third-order valence-corrected chi connectivity index (χ3v) is 3.95. The zero-order chi connectivity index (χ0) is 16.0. The fourth-order valence-electron chi connectivity index (χ4n) is 2.93. The van der Waals surface area contributed by atoms with Crippen LogP contribution >= 0.6 is 0 Å². The molecule has 1 aliphatic heterocycles. The molecular formula is C16H16O6. The first-order valence-electron chi connectivity index (χ1n) is 6.90. The van der Waals surface area contributed by atoms with Crippen LogP contribution in [0.15, 0.2) is 23.3 Å². The number of hydrogen-bond donors (Lipinski definition) is 1. The van der Waals surface area contributed by atoms with Gasteiger partial charge in [-0.2, -0.15) is 0 Å². The molecule has 1 heterocycles. The van der Waals surface area contributed by atoms with Crippen LogP contribution in [0.1, 0.15) is 34.1 Å². The van der Waals surface area contributed by atoms with Crippen LogP contribution in [0.5, 0.6) is 11.5 Å². The molecule has 0 unspecified atom stereocenters. The first kappa shape index (κ1) is 14.7. The Bertz CT molecular complexity index is 703. The largest absolute Gasteiger partial charge is 0.497 e. The summed E-state index contributed by atoms with van der Waals surface area (Å²) in [5.41, 5.74) is 0.698. The maximum Gasteiger partial charge on any atom is 0.195 e. The standard InChI is InChI=1S/C16H16O6/c1-7-4-9-13(16(19)22-7)15(18)10-5-8(20-2)6-11(21-3)12(10)14(9)17/h5-7,16,19H,4H2,1-3H3/t7-,16-/m0/s1. The van der Waals surface area contributed by atoms with Crippen LogP contribution in [0.25, 0.3) is 0 Å². The minimum atomic E-state index is -1.39. The quantitative estimate of drug-likeness (QED) is 0.892. The average Bonchev–Trinajstić information content (AvgIpc) is 2.50. The van der Waals surface area contributed by atoms with E-state index in [2.05, 4.69) is 0 Å². The first-order chi connectivity index (χ1) is 10.5. The predicted octanol–water partition coefficient (Wildman–Crippen LogP) is 1.51. The molecule has 3 rings (SSSR count). The molecule has 0 radical (unpaired) electrons. The second-order valence-corrected chi connectivity index (χ2v) is 5.31. The van der Waals surface area contributed by atoms with E-state index in [1.165, 1.54) is 20.3 Å². The van der Waals surface area contributed by atoms with E-state index in [-0.39, 0.29) is 40.8 Å². The maximum atomic E-state index is 12.8. The van der Waals surface area contributed by atoms with Gasteiger partial charge in [0.05, 0.1) is 31.5 Å². The van der Waals surface area contributed by atoms with Crippen molar-refractivity contribution in [2.45, 2.75) is 25.7 Å². The highest BCUT2D eigenvalue weighted by atomic mass is 16.6. The highest BCUT2D eigenvalue weighted by molar-refractivity contribution is 6.28. The van der Waals surface area contributed by atoms with Gasteiger partial charge in [0.1, 0.15) is 11.5 Å². The Morgan fingerprint density at radius 2 is 1.91 bits per heavy atom. The summed E-state index contributed by atoms with van der Waals surface area (Å²) in [5, 5.41) is 10.0. The van der Waals surface area contributed by atoms with Gasteiger partial charge in [-0.3, -0.25) is 9.59 Å². The van der Waals surface area contributed by atoms with Gasteiger partial charge in [0, 0.05) is 23.6 Å². The molecule has 0 bridgehead atoms. The van der Waals surface area contributed by atoms with Gasteiger partial charge in [0.15, 0.2) is 17.9 Å². The van der Waals surface area contributed by atoms with Gasteiger partial charge in [-0.1, -0.05) is 0 Å². The van der Waals surface area contributed by atoms with Crippen molar-refractivity contribution in [3.05, 3.63) is 34.4 Å². The molecule has 2 aliphatic rings. The van der Waals surface area contributed by atoms with Gasteiger partial charge >= 0.3 is 0 Å². The minimum Gasteiger partial charge on any atom is -0.497 e. The molecule has 0 spiro atoms. The van der Waals surface area contributed by atoms with Crippen molar-refractivity contribution >= 4 is 11.6 Å². The number of hydrogen-bond acceptors (Lipinski definition) is 6. The number of Topliss-reactive ketones (excluding diaryl/α,β-unsaturated/α-hetero) is 2. The molecule has 116 valence electrons. The van der Waals surface area contributed by atoms with Crippen molar-refractivity contribution in [1.29, 1.82) is 0 Å². The van der Waals surface area contributed by atoms with E-state index in [1.807, 2.05) is 0 Å². The molecule has 2 atom stereocenters. The molecule has 1 N–H and O–H groups in total. The number of benzene rings is 1. The Hall–Kier alpha value is -2.18.